The summed E-state index contributed by atoms with van der Waals surface area (Å²) >= 11 is 0. The fourth-order valence-corrected chi connectivity index (χ4v) is 2.68. The summed E-state index contributed by atoms with van der Waals surface area (Å²) in [5.41, 5.74) is 0.154. The molecule has 1 unspecified atom stereocenters. The molecule has 120 valence electrons. The van der Waals surface area contributed by atoms with E-state index >= 15 is 0 Å². The average molecular weight is 324 g/mol. The topological polar surface area (TPSA) is 98.5 Å². The van der Waals surface area contributed by atoms with Gasteiger partial charge in [0.25, 0.3) is 5.91 Å². The molecule has 1 amide bonds. The van der Waals surface area contributed by atoms with Crippen LogP contribution in [0.1, 0.15) is 30.1 Å². The number of ether oxygens (including phenoxy) is 1. The minimum absolute atomic E-state index is 0.0397. The fourth-order valence-electron chi connectivity index (χ4n) is 2.14. The summed E-state index contributed by atoms with van der Waals surface area (Å²) in [4.78, 5) is 12.3. The molecular formula is C15H20N2O4S. The van der Waals surface area contributed by atoms with Crippen molar-refractivity contribution >= 4 is 15.9 Å². The zero-order chi connectivity index (χ0) is 16.3. The zero-order valence-electron chi connectivity index (χ0n) is 12.4. The van der Waals surface area contributed by atoms with E-state index in [2.05, 4.69) is 11.9 Å². The Bertz CT molecular complexity index is 681. The van der Waals surface area contributed by atoms with E-state index in [9.17, 15) is 13.2 Å². The molecule has 1 aromatic carbocycles. The lowest BCUT2D eigenvalue weighted by Crippen LogP contribution is -2.34. The number of amides is 1. The molecule has 0 heterocycles. The van der Waals surface area contributed by atoms with Crippen LogP contribution in [0.3, 0.4) is 0 Å². The minimum Gasteiger partial charge on any atom is -0.489 e. The lowest BCUT2D eigenvalue weighted by molar-refractivity contribution is 0.0932. The van der Waals surface area contributed by atoms with Crippen LogP contribution in [0.25, 0.3) is 0 Å². The van der Waals surface area contributed by atoms with Gasteiger partial charge in [-0.2, -0.15) is 0 Å². The van der Waals surface area contributed by atoms with Gasteiger partial charge in [0.1, 0.15) is 12.4 Å². The lowest BCUT2D eigenvalue weighted by atomic mass is 10.1. The number of nitrogens with two attached hydrogens (primary N) is 1. The molecule has 1 aliphatic rings. The van der Waals surface area contributed by atoms with Gasteiger partial charge in [-0.15, -0.1) is 0 Å². The number of hydrogen-bond acceptors (Lipinski definition) is 4. The predicted octanol–water partition coefficient (Wildman–Crippen LogP) is 1.43. The number of rotatable bonds is 7. The molecule has 0 aromatic heterocycles. The van der Waals surface area contributed by atoms with Gasteiger partial charge in [0.15, 0.2) is 0 Å². The number of hydrogen-bond donors (Lipinski definition) is 2. The van der Waals surface area contributed by atoms with Crippen molar-refractivity contribution in [1.29, 1.82) is 0 Å². The lowest BCUT2D eigenvalue weighted by Gasteiger charge is -2.16. The maximum absolute atomic E-state index is 12.4. The Balaban J connectivity index is 2.30. The number of primary sulfonamides is 1. The van der Waals surface area contributed by atoms with Gasteiger partial charge >= 0.3 is 0 Å². The van der Waals surface area contributed by atoms with Gasteiger partial charge in [0.2, 0.25) is 10.0 Å². The van der Waals surface area contributed by atoms with Crippen LogP contribution in [-0.4, -0.2) is 27.0 Å². The number of nitrogens with one attached hydrogen (secondary N) is 1. The summed E-state index contributed by atoms with van der Waals surface area (Å²) in [6, 6.07) is 4.02. The Morgan fingerprint density at radius 3 is 2.77 bits per heavy atom. The van der Waals surface area contributed by atoms with Crippen molar-refractivity contribution in [3.8, 4) is 5.75 Å². The summed E-state index contributed by atoms with van der Waals surface area (Å²) < 4.78 is 28.3. The molecule has 0 aliphatic heterocycles. The van der Waals surface area contributed by atoms with E-state index in [0.717, 1.165) is 12.8 Å². The molecule has 0 bridgehead atoms. The molecule has 22 heavy (non-hydrogen) atoms. The van der Waals surface area contributed by atoms with E-state index in [0.29, 0.717) is 11.7 Å². The summed E-state index contributed by atoms with van der Waals surface area (Å²) in [6.07, 6.45) is 3.74. The average Bonchev–Trinajstić information content (AvgIpc) is 3.28. The summed E-state index contributed by atoms with van der Waals surface area (Å²) in [6.45, 7) is 5.69. The van der Waals surface area contributed by atoms with Crippen molar-refractivity contribution in [3.63, 3.8) is 0 Å². The van der Waals surface area contributed by atoms with Gasteiger partial charge in [-0.3, -0.25) is 4.79 Å². The molecule has 3 N–H and O–H groups in total. The van der Waals surface area contributed by atoms with E-state index in [1.165, 1.54) is 18.2 Å². The first kappa shape index (κ1) is 16.5. The number of carbonyl (C=O) groups excluding carboxylic acids is 1. The second-order valence-electron chi connectivity index (χ2n) is 5.40. The maximum Gasteiger partial charge on any atom is 0.255 e. The van der Waals surface area contributed by atoms with Crippen molar-refractivity contribution in [2.24, 2.45) is 11.1 Å². The van der Waals surface area contributed by atoms with Crippen LogP contribution in [0.15, 0.2) is 35.7 Å². The first-order valence-electron chi connectivity index (χ1n) is 7.04. The Morgan fingerprint density at radius 1 is 1.55 bits per heavy atom. The molecule has 6 nitrogen and oxygen atoms in total. The molecular weight excluding hydrogens is 304 g/mol. The molecule has 1 atom stereocenters. The van der Waals surface area contributed by atoms with Crippen molar-refractivity contribution in [3.05, 3.63) is 36.4 Å². The standard InChI is InChI=1S/C15H20N2O4S/c1-3-8-21-14-7-6-12(22(16,19)20)9-13(14)15(18)17-10(2)11-4-5-11/h3,6-7,9-11H,1,4-5,8H2,2H3,(H,17,18)(H2,16,19,20). The first-order valence-corrected chi connectivity index (χ1v) is 8.59. The zero-order valence-corrected chi connectivity index (χ0v) is 13.2. The van der Waals surface area contributed by atoms with E-state index in [1.54, 1.807) is 6.08 Å². The smallest absolute Gasteiger partial charge is 0.255 e. The van der Waals surface area contributed by atoms with E-state index in [-0.39, 0.29) is 29.0 Å². The summed E-state index contributed by atoms with van der Waals surface area (Å²) in [7, 11) is -3.88. The van der Waals surface area contributed by atoms with Crippen molar-refractivity contribution in [2.75, 3.05) is 6.61 Å². The van der Waals surface area contributed by atoms with Crippen molar-refractivity contribution in [1.82, 2.24) is 5.32 Å². The fraction of sp³-hybridized carbons (Fsp3) is 0.400. The third-order valence-electron chi connectivity index (χ3n) is 3.57. The third kappa shape index (κ3) is 4.08. The molecule has 1 saturated carbocycles. The highest BCUT2D eigenvalue weighted by atomic mass is 32.2. The third-order valence-corrected chi connectivity index (χ3v) is 4.48. The van der Waals surface area contributed by atoms with Gasteiger partial charge in [-0.05, 0) is 43.9 Å². The molecule has 1 aliphatic carbocycles. The Morgan fingerprint density at radius 2 is 2.23 bits per heavy atom. The predicted molar refractivity (Wildman–Crippen MR) is 83.2 cm³/mol. The number of carbonyl (C=O) groups is 1. The second kappa shape index (κ2) is 6.50. The van der Waals surface area contributed by atoms with Crippen LogP contribution in [0.2, 0.25) is 0 Å². The van der Waals surface area contributed by atoms with Crippen LogP contribution < -0.4 is 15.2 Å². The van der Waals surface area contributed by atoms with Crippen molar-refractivity contribution in [2.45, 2.75) is 30.7 Å². The minimum atomic E-state index is -3.88. The highest BCUT2D eigenvalue weighted by Crippen LogP contribution is 2.32. The highest BCUT2D eigenvalue weighted by Gasteiger charge is 2.30. The van der Waals surface area contributed by atoms with Crippen LogP contribution in [-0.2, 0) is 10.0 Å². The SMILES string of the molecule is C=CCOc1ccc(S(N)(=O)=O)cc1C(=O)NC(C)C1CC1. The van der Waals surface area contributed by atoms with E-state index in [4.69, 9.17) is 9.88 Å². The molecule has 7 heteroatoms. The molecule has 0 saturated heterocycles. The largest absolute Gasteiger partial charge is 0.489 e. The van der Waals surface area contributed by atoms with E-state index < -0.39 is 10.0 Å². The quantitative estimate of drug-likeness (QED) is 0.741. The molecule has 0 spiro atoms. The van der Waals surface area contributed by atoms with Crippen LogP contribution in [0.4, 0.5) is 0 Å². The Labute approximate surface area is 130 Å². The van der Waals surface area contributed by atoms with Gasteiger partial charge in [-0.1, -0.05) is 12.7 Å². The summed E-state index contributed by atoms with van der Waals surface area (Å²) in [5, 5.41) is 7.99. The van der Waals surface area contributed by atoms with Gasteiger partial charge in [-0.25, -0.2) is 13.6 Å². The summed E-state index contributed by atoms with van der Waals surface area (Å²) in [5.74, 6) is 0.416. The highest BCUT2D eigenvalue weighted by molar-refractivity contribution is 7.89. The van der Waals surface area contributed by atoms with Crippen LogP contribution >= 0.6 is 0 Å². The van der Waals surface area contributed by atoms with Gasteiger partial charge in [0, 0.05) is 6.04 Å². The normalized spacial score (nSPS) is 15.9. The van der Waals surface area contributed by atoms with Gasteiger partial charge < -0.3 is 10.1 Å². The Hall–Kier alpha value is -1.86. The molecule has 0 radical (unpaired) electrons. The van der Waals surface area contributed by atoms with Crippen LogP contribution in [0.5, 0.6) is 5.75 Å². The Kier molecular flexibility index (Phi) is 4.87. The van der Waals surface area contributed by atoms with Crippen molar-refractivity contribution < 1.29 is 17.9 Å². The first-order chi connectivity index (χ1) is 10.3. The second-order valence-corrected chi connectivity index (χ2v) is 6.96. The molecule has 2 rings (SSSR count). The molecule has 1 aromatic rings. The van der Waals surface area contributed by atoms with Gasteiger partial charge in [0.05, 0.1) is 10.5 Å². The molecule has 1 fully saturated rings. The van der Waals surface area contributed by atoms with E-state index in [1.807, 2.05) is 6.92 Å². The number of benzene rings is 1. The van der Waals surface area contributed by atoms with Crippen LogP contribution in [0, 0.1) is 5.92 Å². The number of sulfonamides is 1. The monoisotopic (exact) mass is 324 g/mol. The maximum atomic E-state index is 12.4.